The zero-order chi connectivity index (χ0) is 33.4. The van der Waals surface area contributed by atoms with Crippen LogP contribution >= 0.6 is 0 Å². The van der Waals surface area contributed by atoms with E-state index in [2.05, 4.69) is 5.32 Å². The second kappa shape index (κ2) is 17.3. The molecule has 3 N–H and O–H groups in total. The first-order valence-electron chi connectivity index (χ1n) is 14.9. The fourth-order valence-corrected chi connectivity index (χ4v) is 5.42. The van der Waals surface area contributed by atoms with Crippen LogP contribution in [0.25, 0.3) is 28.3 Å². The van der Waals surface area contributed by atoms with Crippen LogP contribution in [0.2, 0.25) is 0 Å². The van der Waals surface area contributed by atoms with Crippen LogP contribution in [0.15, 0.2) is 78.9 Å². The van der Waals surface area contributed by atoms with Crippen molar-refractivity contribution in [3.8, 4) is 33.8 Å². The third-order valence-electron chi connectivity index (χ3n) is 7.50. The van der Waals surface area contributed by atoms with Gasteiger partial charge in [0.05, 0.1) is 26.4 Å². The summed E-state index contributed by atoms with van der Waals surface area (Å²) in [6.45, 7) is 3.99. The summed E-state index contributed by atoms with van der Waals surface area (Å²) in [6, 6.07) is 20.4. The number of rotatable bonds is 14. The molecule has 47 heavy (non-hydrogen) atoms. The number of nitrogens with one attached hydrogen (secondary N) is 1. The molecule has 4 aromatic rings. The summed E-state index contributed by atoms with van der Waals surface area (Å²) in [5.41, 5.74) is 4.25. The topological polar surface area (TPSA) is 133 Å². The van der Waals surface area contributed by atoms with Crippen LogP contribution in [-0.4, -0.2) is 53.1 Å². The van der Waals surface area contributed by atoms with Crippen LogP contribution in [-0.2, 0) is 11.3 Å². The van der Waals surface area contributed by atoms with Gasteiger partial charge in [-0.3, -0.25) is 4.79 Å². The largest absolute Gasteiger partial charge is 1.00 e. The Labute approximate surface area is 296 Å². The van der Waals surface area contributed by atoms with Crippen molar-refractivity contribution in [1.82, 2.24) is 9.88 Å². The minimum absolute atomic E-state index is 0. The van der Waals surface area contributed by atoms with Gasteiger partial charge in [0.15, 0.2) is 0 Å². The Balaban J connectivity index is 0.00000600. The van der Waals surface area contributed by atoms with Crippen molar-refractivity contribution in [3.63, 3.8) is 0 Å². The average Bonchev–Trinajstić information content (AvgIpc) is 3.38. The van der Waals surface area contributed by atoms with Crippen molar-refractivity contribution in [2.24, 2.45) is 0 Å². The molecular weight excluding hydrogens is 614 g/mol. The fraction of sp³-hybridized carbons (Fsp3) is 0.278. The maximum Gasteiger partial charge on any atom is 1.00 e. The van der Waals surface area contributed by atoms with Crippen molar-refractivity contribution in [2.45, 2.75) is 51.5 Å². The first-order chi connectivity index (χ1) is 22.0. The molecule has 0 aliphatic rings. The van der Waals surface area contributed by atoms with Gasteiger partial charge in [-0.15, -0.1) is 0 Å². The minimum Gasteiger partial charge on any atom is -0.550 e. The molecular formula is C36H38FN2NaO7. The van der Waals surface area contributed by atoms with Crippen LogP contribution in [0.4, 0.5) is 4.39 Å². The van der Waals surface area contributed by atoms with Crippen LogP contribution in [0.5, 0.6) is 11.5 Å². The zero-order valence-corrected chi connectivity index (χ0v) is 29.2. The van der Waals surface area contributed by atoms with Gasteiger partial charge < -0.3 is 39.5 Å². The number of aliphatic carboxylic acids is 1. The van der Waals surface area contributed by atoms with Crippen LogP contribution in [0.1, 0.15) is 54.5 Å². The van der Waals surface area contributed by atoms with E-state index in [9.17, 15) is 29.3 Å². The summed E-state index contributed by atoms with van der Waals surface area (Å²) in [4.78, 5) is 25.2. The standard InChI is InChI=1S/C36H39FN2O7.Na/c1-22(2)39-30(17-15-27(40)18-28(41)19-32(42)43)33(24-10-13-26(37)14-11-24)34(23-8-6-5-7-9-23)35(39)36(44)38-21-25-12-16-29(45-3)20-31(25)46-4;/h5-17,20,22,27-28,40-41H,18-19,21H2,1-4H3,(H,38,44)(H,42,43);/q;+1/p-1/b17-15+;/t27-,28-;/m1./s1. The smallest absolute Gasteiger partial charge is 0.550 e. The van der Waals surface area contributed by atoms with Crippen LogP contribution in [0, 0.1) is 5.82 Å². The van der Waals surface area contributed by atoms with E-state index in [0.717, 1.165) is 11.1 Å². The van der Waals surface area contributed by atoms with Gasteiger partial charge in [-0.25, -0.2) is 4.39 Å². The summed E-state index contributed by atoms with van der Waals surface area (Å²) in [5.74, 6) is -1.06. The predicted molar refractivity (Wildman–Crippen MR) is 172 cm³/mol. The zero-order valence-electron chi connectivity index (χ0n) is 27.2. The molecule has 0 fully saturated rings. The number of carbonyl (C=O) groups excluding carboxylic acids is 2. The number of amides is 1. The normalized spacial score (nSPS) is 12.4. The summed E-state index contributed by atoms with van der Waals surface area (Å²) in [5, 5.41) is 34.7. The molecule has 0 aliphatic carbocycles. The molecule has 1 heterocycles. The van der Waals surface area contributed by atoms with Crippen molar-refractivity contribution in [2.75, 3.05) is 14.2 Å². The van der Waals surface area contributed by atoms with E-state index >= 15 is 0 Å². The molecule has 11 heteroatoms. The summed E-state index contributed by atoms with van der Waals surface area (Å²) in [7, 11) is 3.10. The van der Waals surface area contributed by atoms with E-state index < -0.39 is 30.4 Å². The molecule has 9 nitrogen and oxygen atoms in total. The van der Waals surface area contributed by atoms with Crippen LogP contribution < -0.4 is 49.5 Å². The Hall–Kier alpha value is -3.93. The molecule has 0 unspecified atom stereocenters. The van der Waals surface area contributed by atoms with Crippen molar-refractivity contribution >= 4 is 18.0 Å². The molecule has 0 spiro atoms. The molecule has 0 radical (unpaired) electrons. The quantitative estimate of drug-likeness (QED) is 0.177. The monoisotopic (exact) mass is 652 g/mol. The van der Waals surface area contributed by atoms with E-state index in [4.69, 9.17) is 9.47 Å². The molecule has 1 amide bonds. The van der Waals surface area contributed by atoms with Gasteiger partial charge in [-0.2, -0.15) is 0 Å². The Kier molecular flexibility index (Phi) is 13.8. The molecule has 1 aromatic heterocycles. The molecule has 3 aromatic carbocycles. The predicted octanol–water partition coefficient (Wildman–Crippen LogP) is 1.76. The average molecular weight is 653 g/mol. The van der Waals surface area contributed by atoms with E-state index in [-0.39, 0.29) is 54.5 Å². The van der Waals surface area contributed by atoms with E-state index in [1.54, 1.807) is 37.5 Å². The number of carboxylic acids is 1. The maximum atomic E-state index is 14.3. The fourth-order valence-electron chi connectivity index (χ4n) is 5.42. The van der Waals surface area contributed by atoms with Crippen LogP contribution in [0.3, 0.4) is 0 Å². The molecule has 2 atom stereocenters. The minimum atomic E-state index is -1.42. The van der Waals surface area contributed by atoms with E-state index in [0.29, 0.717) is 39.6 Å². The number of halogens is 1. The van der Waals surface area contributed by atoms with Crippen molar-refractivity contribution in [3.05, 3.63) is 102 Å². The van der Waals surface area contributed by atoms with Gasteiger partial charge in [0, 0.05) is 59.8 Å². The summed E-state index contributed by atoms with van der Waals surface area (Å²) < 4.78 is 26.8. The third kappa shape index (κ3) is 9.33. The summed E-state index contributed by atoms with van der Waals surface area (Å²) >= 11 is 0. The van der Waals surface area contributed by atoms with Crippen molar-refractivity contribution in [1.29, 1.82) is 0 Å². The van der Waals surface area contributed by atoms with E-state index in [1.165, 1.54) is 25.3 Å². The summed E-state index contributed by atoms with van der Waals surface area (Å²) in [6.07, 6.45) is -0.277. The number of aliphatic hydroxyl groups is 2. The molecule has 0 saturated heterocycles. The first kappa shape index (κ1) is 37.5. The van der Waals surface area contributed by atoms with Gasteiger partial charge in [0.1, 0.15) is 23.0 Å². The number of hydrogen-bond donors (Lipinski definition) is 3. The Morgan fingerprint density at radius 3 is 2.21 bits per heavy atom. The SMILES string of the molecule is COc1ccc(CNC(=O)c2c(-c3ccccc3)c(-c3ccc(F)cc3)c(/C=C/[C@@H](O)C[C@@H](O)CC(=O)[O-])n2C(C)C)c(OC)c1.[Na+]. The number of carboxylic acid groups (broad SMARTS) is 1. The number of benzene rings is 3. The number of nitrogens with zero attached hydrogens (tertiary/aromatic N) is 1. The first-order valence-corrected chi connectivity index (χ1v) is 14.9. The van der Waals surface area contributed by atoms with Gasteiger partial charge >= 0.3 is 29.6 Å². The van der Waals surface area contributed by atoms with Gasteiger partial charge in [0.25, 0.3) is 5.91 Å². The third-order valence-corrected chi connectivity index (χ3v) is 7.50. The second-order valence-corrected chi connectivity index (χ2v) is 11.1. The number of aromatic nitrogens is 1. The Bertz CT molecular complexity index is 1690. The van der Waals surface area contributed by atoms with Gasteiger partial charge in [0.2, 0.25) is 0 Å². The number of aliphatic hydroxyl groups excluding tert-OH is 2. The maximum absolute atomic E-state index is 14.3. The number of ether oxygens (including phenoxy) is 2. The molecule has 0 saturated carbocycles. The molecule has 0 aliphatic heterocycles. The number of methoxy groups -OCH3 is 2. The van der Waals surface area contributed by atoms with Gasteiger partial charge in [-0.05, 0) is 55.3 Å². The van der Waals surface area contributed by atoms with Gasteiger partial charge in [-0.1, -0.05) is 48.5 Å². The number of carbonyl (C=O) groups is 2. The molecule has 0 bridgehead atoms. The van der Waals surface area contributed by atoms with Crippen molar-refractivity contribution < 1.29 is 68.3 Å². The Morgan fingerprint density at radius 2 is 1.62 bits per heavy atom. The molecule has 4 rings (SSSR count). The second-order valence-electron chi connectivity index (χ2n) is 11.1. The number of hydrogen-bond acceptors (Lipinski definition) is 7. The molecule has 242 valence electrons. The van der Waals surface area contributed by atoms with E-state index in [1.807, 2.05) is 54.8 Å². The Morgan fingerprint density at radius 1 is 0.957 bits per heavy atom.